The Morgan fingerprint density at radius 3 is 2.47 bits per heavy atom. The summed E-state index contributed by atoms with van der Waals surface area (Å²) in [6.07, 6.45) is 5.90. The number of nitrogens with zero attached hydrogens (tertiary/aromatic N) is 4. The van der Waals surface area contributed by atoms with Gasteiger partial charge < -0.3 is 9.40 Å². The summed E-state index contributed by atoms with van der Waals surface area (Å²) in [6, 6.07) is 9.14. The summed E-state index contributed by atoms with van der Waals surface area (Å²) in [6.45, 7) is 0. The average molecular weight is 405 g/mol. The Balaban J connectivity index is 1.76. The van der Waals surface area contributed by atoms with E-state index in [2.05, 4.69) is 19.9 Å². The molecule has 0 aliphatic carbocycles. The van der Waals surface area contributed by atoms with E-state index in [0.717, 1.165) is 0 Å². The first-order valence-corrected chi connectivity index (χ1v) is 8.99. The number of pyridine rings is 2. The van der Waals surface area contributed by atoms with Crippen molar-refractivity contribution in [3.63, 3.8) is 0 Å². The first kappa shape index (κ1) is 17.9. The zero-order valence-corrected chi connectivity index (χ0v) is 15.3. The van der Waals surface area contributed by atoms with Gasteiger partial charge in [-0.15, -0.1) is 0 Å². The van der Waals surface area contributed by atoms with Crippen LogP contribution in [0.25, 0.3) is 28.3 Å². The number of furan rings is 1. The molecule has 7 nitrogen and oxygen atoms in total. The number of aromatic nitrogens is 5. The molecule has 2 aliphatic rings. The first-order chi connectivity index (χ1) is 14.6. The minimum Gasteiger partial charge on any atom is -0.469 e. The second-order valence-corrected chi connectivity index (χ2v) is 6.59. The Morgan fingerprint density at radius 2 is 1.77 bits per heavy atom. The molecule has 5 rings (SSSR count). The fourth-order valence-electron chi connectivity index (χ4n) is 3.28. The molecule has 0 fully saturated rings. The minimum atomic E-state index is -0.677. The molecule has 0 aromatic carbocycles. The molecule has 9 heteroatoms. The van der Waals surface area contributed by atoms with Crippen LogP contribution in [0.3, 0.4) is 0 Å². The number of hydrogen-bond donors (Lipinski definition) is 1. The summed E-state index contributed by atoms with van der Waals surface area (Å²) >= 11 is 0. The van der Waals surface area contributed by atoms with Crippen molar-refractivity contribution in [2.45, 2.75) is 6.42 Å². The number of hydrogen-bond acceptors (Lipinski definition) is 5. The molecule has 3 aromatic rings. The van der Waals surface area contributed by atoms with Crippen LogP contribution >= 0.6 is 0 Å². The number of H-pyrrole nitrogens is 1. The van der Waals surface area contributed by atoms with Gasteiger partial charge in [-0.1, -0.05) is 0 Å². The SMILES string of the molecule is O=c1c(Cc2ccco2)nc2c(-c3ccnc(F)c3)[nH]c(-c3ccnc(F)c3)cn1-2. The maximum atomic E-state index is 13.8. The molecule has 2 aliphatic heterocycles. The number of fused-ring (bicyclic) bond motifs is 1. The van der Waals surface area contributed by atoms with Crippen LogP contribution in [0, 0.1) is 11.9 Å². The highest BCUT2D eigenvalue weighted by molar-refractivity contribution is 5.71. The molecule has 0 unspecified atom stereocenters. The molecule has 5 heterocycles. The van der Waals surface area contributed by atoms with E-state index in [1.807, 2.05) is 0 Å². The summed E-state index contributed by atoms with van der Waals surface area (Å²) < 4.78 is 34.1. The van der Waals surface area contributed by atoms with Crippen LogP contribution in [0.1, 0.15) is 11.5 Å². The summed E-state index contributed by atoms with van der Waals surface area (Å²) in [5, 5.41) is 0. The zero-order valence-electron chi connectivity index (χ0n) is 15.3. The molecular formula is C21H13F2N5O2. The lowest BCUT2D eigenvalue weighted by Crippen LogP contribution is -2.16. The van der Waals surface area contributed by atoms with Crippen molar-refractivity contribution >= 4 is 0 Å². The maximum Gasteiger partial charge on any atom is 0.278 e. The Morgan fingerprint density at radius 1 is 1.03 bits per heavy atom. The van der Waals surface area contributed by atoms with Crippen LogP contribution in [-0.2, 0) is 6.42 Å². The fourth-order valence-corrected chi connectivity index (χ4v) is 3.28. The molecule has 3 aromatic heterocycles. The van der Waals surface area contributed by atoms with Crippen LogP contribution in [-0.4, -0.2) is 24.5 Å². The molecule has 30 heavy (non-hydrogen) atoms. The molecule has 0 atom stereocenters. The zero-order chi connectivity index (χ0) is 20.7. The largest absolute Gasteiger partial charge is 0.469 e. The highest BCUT2D eigenvalue weighted by atomic mass is 19.1. The van der Waals surface area contributed by atoms with Crippen molar-refractivity contribution in [2.24, 2.45) is 0 Å². The predicted octanol–water partition coefficient (Wildman–Crippen LogP) is 3.58. The number of rotatable bonds is 4. The van der Waals surface area contributed by atoms with Gasteiger partial charge in [0.05, 0.1) is 24.1 Å². The van der Waals surface area contributed by atoms with Crippen LogP contribution in [0.5, 0.6) is 0 Å². The van der Waals surface area contributed by atoms with Crippen molar-refractivity contribution in [1.29, 1.82) is 0 Å². The van der Waals surface area contributed by atoms with Crippen molar-refractivity contribution in [2.75, 3.05) is 0 Å². The number of halogens is 2. The van der Waals surface area contributed by atoms with E-state index in [4.69, 9.17) is 4.42 Å². The highest BCUT2D eigenvalue weighted by Gasteiger charge is 2.22. The van der Waals surface area contributed by atoms with Crippen molar-refractivity contribution in [3.8, 4) is 28.3 Å². The van der Waals surface area contributed by atoms with Gasteiger partial charge in [0, 0.05) is 41.9 Å². The van der Waals surface area contributed by atoms with Crippen LogP contribution in [0.4, 0.5) is 8.78 Å². The molecule has 0 bridgehead atoms. The van der Waals surface area contributed by atoms with E-state index in [1.165, 1.54) is 41.6 Å². The van der Waals surface area contributed by atoms with Crippen LogP contribution in [0.2, 0.25) is 0 Å². The number of aromatic amines is 1. The van der Waals surface area contributed by atoms with Gasteiger partial charge in [-0.25, -0.2) is 15.0 Å². The quantitative estimate of drug-likeness (QED) is 0.462. The van der Waals surface area contributed by atoms with Crippen LogP contribution in [0.15, 0.2) is 70.5 Å². The van der Waals surface area contributed by atoms with E-state index in [1.54, 1.807) is 24.3 Å². The van der Waals surface area contributed by atoms with E-state index >= 15 is 0 Å². The second kappa shape index (κ2) is 7.03. The Bertz CT molecular complexity index is 1370. The lowest BCUT2D eigenvalue weighted by molar-refractivity contribution is 0.519. The third-order valence-electron chi connectivity index (χ3n) is 4.65. The van der Waals surface area contributed by atoms with Gasteiger partial charge in [0.1, 0.15) is 11.5 Å². The second-order valence-electron chi connectivity index (χ2n) is 6.59. The van der Waals surface area contributed by atoms with Crippen molar-refractivity contribution in [3.05, 3.63) is 95.0 Å². The lowest BCUT2D eigenvalue weighted by Gasteiger charge is -2.13. The minimum absolute atomic E-state index is 0.205. The monoisotopic (exact) mass is 405 g/mol. The van der Waals surface area contributed by atoms with Gasteiger partial charge in [-0.2, -0.15) is 8.78 Å². The molecule has 0 spiro atoms. The molecular weight excluding hydrogens is 392 g/mol. The van der Waals surface area contributed by atoms with E-state index in [0.29, 0.717) is 34.1 Å². The van der Waals surface area contributed by atoms with Crippen molar-refractivity contribution < 1.29 is 13.2 Å². The number of imidazole rings is 1. The summed E-state index contributed by atoms with van der Waals surface area (Å²) in [4.78, 5) is 27.8. The van der Waals surface area contributed by atoms with Gasteiger partial charge in [-0.05, 0) is 24.3 Å². The van der Waals surface area contributed by atoms with Crippen LogP contribution < -0.4 is 5.56 Å². The smallest absolute Gasteiger partial charge is 0.278 e. The molecule has 1 N–H and O–H groups in total. The number of nitrogens with one attached hydrogen (secondary N) is 1. The van der Waals surface area contributed by atoms with Gasteiger partial charge in [0.2, 0.25) is 11.9 Å². The molecule has 0 radical (unpaired) electrons. The average Bonchev–Trinajstić information content (AvgIpc) is 3.36. The Hall–Kier alpha value is -4.14. The normalized spacial score (nSPS) is 11.3. The van der Waals surface area contributed by atoms with Gasteiger partial charge in [0.15, 0.2) is 5.82 Å². The first-order valence-electron chi connectivity index (χ1n) is 8.99. The van der Waals surface area contributed by atoms with E-state index in [9.17, 15) is 13.6 Å². The summed E-state index contributed by atoms with van der Waals surface area (Å²) in [5.74, 6) is -0.439. The third-order valence-corrected chi connectivity index (χ3v) is 4.65. The maximum absolute atomic E-state index is 13.8. The highest BCUT2D eigenvalue weighted by Crippen LogP contribution is 2.29. The summed E-state index contributed by atoms with van der Waals surface area (Å²) in [5.41, 5.74) is 1.68. The predicted molar refractivity (Wildman–Crippen MR) is 103 cm³/mol. The Labute approximate surface area is 168 Å². The van der Waals surface area contributed by atoms with Crippen molar-refractivity contribution in [1.82, 2.24) is 24.5 Å². The topological polar surface area (TPSA) is 89.6 Å². The molecule has 0 saturated carbocycles. The van der Waals surface area contributed by atoms with E-state index < -0.39 is 11.9 Å². The van der Waals surface area contributed by atoms with Gasteiger partial charge in [-0.3, -0.25) is 9.36 Å². The fraction of sp³-hybridized carbons (Fsp3) is 0.0476. The summed E-state index contributed by atoms with van der Waals surface area (Å²) in [7, 11) is 0. The van der Waals surface area contributed by atoms with Gasteiger partial charge >= 0.3 is 0 Å². The standard InChI is InChI=1S/C21H13F2N5O2/c22-17-8-12(3-5-24-17)16-11-28-20(19(26-16)13-4-6-25-18(23)9-13)27-15(21(28)29)10-14-2-1-7-30-14/h1-9,11,26H,10H2. The third kappa shape index (κ3) is 3.16. The molecule has 0 amide bonds. The lowest BCUT2D eigenvalue weighted by atomic mass is 10.1. The Kier molecular flexibility index (Phi) is 4.20. The van der Waals surface area contributed by atoms with Gasteiger partial charge in [0.25, 0.3) is 5.56 Å². The molecule has 148 valence electrons. The van der Waals surface area contributed by atoms with E-state index in [-0.39, 0.29) is 17.7 Å². The molecule has 0 saturated heterocycles.